The van der Waals surface area contributed by atoms with E-state index in [0.29, 0.717) is 6.42 Å². The standard InChI is InChI=1S/C13H17O.3CH3.Sn/c1-4-6-8-13(3)9-7-12(14)10-11(13)5-2;;;;/h5-6,10H,2,7-9H2,1,3H3;3*1H3;. The van der Waals surface area contributed by atoms with Crippen LogP contribution in [0.25, 0.3) is 0 Å². The van der Waals surface area contributed by atoms with Gasteiger partial charge in [0.15, 0.2) is 0 Å². The van der Waals surface area contributed by atoms with Crippen molar-refractivity contribution in [1.29, 1.82) is 0 Å². The molecule has 1 unspecified atom stereocenters. The van der Waals surface area contributed by atoms with E-state index in [1.807, 2.05) is 6.08 Å². The Hall–Kier alpha value is -0.311. The second kappa shape index (κ2) is 5.77. The molecule has 2 heteroatoms. The van der Waals surface area contributed by atoms with Crippen LogP contribution in [0.5, 0.6) is 0 Å². The second-order valence-electron chi connectivity index (χ2n) is 6.67. The first-order valence-corrected chi connectivity index (χ1v) is 16.7. The molecule has 0 spiro atoms. The van der Waals surface area contributed by atoms with Crippen LogP contribution in [-0.4, -0.2) is 24.2 Å². The third-order valence-corrected chi connectivity index (χ3v) is 11.5. The molecule has 0 amide bonds. The van der Waals surface area contributed by atoms with Gasteiger partial charge in [-0.3, -0.25) is 0 Å². The average Bonchev–Trinajstić information content (AvgIpc) is 2.28. The van der Waals surface area contributed by atoms with E-state index in [1.165, 1.54) is 0 Å². The van der Waals surface area contributed by atoms with Gasteiger partial charge in [0, 0.05) is 0 Å². The van der Waals surface area contributed by atoms with Crippen LogP contribution in [-0.2, 0) is 4.79 Å². The molecule has 1 rings (SSSR count). The number of allylic oxidation sites excluding steroid dienone is 5. The Kier molecular flexibility index (Phi) is 5.04. The number of hydrogen-bond donors (Lipinski definition) is 0. The second-order valence-corrected chi connectivity index (χ2v) is 21.8. The van der Waals surface area contributed by atoms with Gasteiger partial charge in [-0.2, -0.15) is 0 Å². The van der Waals surface area contributed by atoms with Gasteiger partial charge in [0.05, 0.1) is 0 Å². The molecule has 0 aromatic rings. The van der Waals surface area contributed by atoms with Crippen molar-refractivity contribution in [1.82, 2.24) is 0 Å². The van der Waals surface area contributed by atoms with E-state index in [4.69, 9.17) is 0 Å². The maximum atomic E-state index is 11.5. The van der Waals surface area contributed by atoms with Crippen molar-refractivity contribution in [3.8, 4) is 0 Å². The van der Waals surface area contributed by atoms with E-state index in [-0.39, 0.29) is 11.2 Å². The summed E-state index contributed by atoms with van der Waals surface area (Å²) in [7, 11) is 0. The summed E-state index contributed by atoms with van der Waals surface area (Å²) in [6, 6.07) is 0. The molecule has 1 aliphatic rings. The fourth-order valence-corrected chi connectivity index (χ4v) is 4.21. The Morgan fingerprint density at radius 1 is 1.50 bits per heavy atom. The molecule has 0 fully saturated rings. The first kappa shape index (κ1) is 15.7. The molecule has 0 heterocycles. The maximum absolute atomic E-state index is 11.5. The zero-order valence-corrected chi connectivity index (χ0v) is 15.3. The average molecular weight is 353 g/mol. The van der Waals surface area contributed by atoms with Crippen molar-refractivity contribution in [3.63, 3.8) is 0 Å². The summed E-state index contributed by atoms with van der Waals surface area (Å²) in [4.78, 5) is 18.8. The summed E-state index contributed by atoms with van der Waals surface area (Å²) in [6.45, 7) is 8.40. The van der Waals surface area contributed by atoms with E-state index < -0.39 is 18.4 Å². The summed E-state index contributed by atoms with van der Waals surface area (Å²) >= 11 is -1.89. The fourth-order valence-electron chi connectivity index (χ4n) is 2.17. The topological polar surface area (TPSA) is 17.1 Å². The zero-order valence-electron chi connectivity index (χ0n) is 12.5. The van der Waals surface area contributed by atoms with Crippen LogP contribution < -0.4 is 0 Å². The van der Waals surface area contributed by atoms with E-state index in [1.54, 1.807) is 9.67 Å². The number of carbonyl (C=O) groups excluding carboxylic acids is 1. The van der Waals surface area contributed by atoms with Gasteiger partial charge in [-0.1, -0.05) is 0 Å². The number of carbonyl (C=O) groups is 1. The van der Waals surface area contributed by atoms with Crippen LogP contribution in [0, 0.1) is 5.41 Å². The molecule has 0 N–H and O–H groups in total. The SMILES string of the molecule is C=CC1=CC(=O)CCC1(C)C/C=[C](\C)[Sn]([CH3])([CH3])[CH3]. The van der Waals surface area contributed by atoms with E-state index in [2.05, 4.69) is 41.3 Å². The number of hydrogen-bond acceptors (Lipinski definition) is 1. The third kappa shape index (κ3) is 3.84. The van der Waals surface area contributed by atoms with E-state index in [0.717, 1.165) is 18.4 Å². The molecule has 1 atom stereocenters. The summed E-state index contributed by atoms with van der Waals surface area (Å²) in [5.74, 6) is 0.248. The normalized spacial score (nSPS) is 25.9. The van der Waals surface area contributed by atoms with Crippen molar-refractivity contribution in [2.45, 2.75) is 47.9 Å². The summed E-state index contributed by atoms with van der Waals surface area (Å²) < 4.78 is 1.62. The molecular formula is C16H26OSn. The van der Waals surface area contributed by atoms with Crippen LogP contribution in [0.1, 0.15) is 33.1 Å². The van der Waals surface area contributed by atoms with Crippen molar-refractivity contribution in [2.24, 2.45) is 5.41 Å². The van der Waals surface area contributed by atoms with Crippen LogP contribution in [0.2, 0.25) is 14.8 Å². The van der Waals surface area contributed by atoms with Crippen LogP contribution in [0.15, 0.2) is 34.0 Å². The predicted molar refractivity (Wildman–Crippen MR) is 82.3 cm³/mol. The molecule has 0 aliphatic heterocycles. The molecule has 18 heavy (non-hydrogen) atoms. The van der Waals surface area contributed by atoms with Crippen LogP contribution in [0.4, 0.5) is 0 Å². The van der Waals surface area contributed by atoms with Gasteiger partial charge in [0.25, 0.3) is 0 Å². The summed E-state index contributed by atoms with van der Waals surface area (Å²) in [5, 5.41) is 0. The monoisotopic (exact) mass is 354 g/mol. The van der Waals surface area contributed by atoms with Crippen molar-refractivity contribution in [2.75, 3.05) is 0 Å². The number of ketones is 1. The summed E-state index contributed by atoms with van der Waals surface area (Å²) in [5.41, 5.74) is 1.22. The van der Waals surface area contributed by atoms with Gasteiger partial charge < -0.3 is 0 Å². The molecular weight excluding hydrogens is 327 g/mol. The Morgan fingerprint density at radius 2 is 2.11 bits per heavy atom. The molecule has 0 aromatic carbocycles. The zero-order chi connectivity index (χ0) is 14.0. The fraction of sp³-hybridized carbons (Fsp3) is 0.562. The molecule has 0 saturated carbocycles. The Balaban J connectivity index is 2.92. The van der Waals surface area contributed by atoms with Gasteiger partial charge in [0.2, 0.25) is 0 Å². The van der Waals surface area contributed by atoms with Gasteiger partial charge in [-0.15, -0.1) is 0 Å². The molecule has 0 radical (unpaired) electrons. The Morgan fingerprint density at radius 3 is 2.61 bits per heavy atom. The minimum absolute atomic E-state index is 0.105. The van der Waals surface area contributed by atoms with Crippen molar-refractivity contribution < 1.29 is 4.79 Å². The quantitative estimate of drug-likeness (QED) is 0.671. The molecule has 100 valence electrons. The minimum atomic E-state index is -1.89. The first-order valence-electron chi connectivity index (χ1n) is 6.74. The predicted octanol–water partition coefficient (Wildman–Crippen LogP) is 4.68. The van der Waals surface area contributed by atoms with Gasteiger partial charge in [0.1, 0.15) is 0 Å². The van der Waals surface area contributed by atoms with Crippen LogP contribution >= 0.6 is 0 Å². The molecule has 0 aromatic heterocycles. The molecule has 1 aliphatic carbocycles. The van der Waals surface area contributed by atoms with Gasteiger partial charge in [-0.25, -0.2) is 0 Å². The van der Waals surface area contributed by atoms with Crippen LogP contribution in [0.3, 0.4) is 0 Å². The van der Waals surface area contributed by atoms with Gasteiger partial charge in [-0.05, 0) is 0 Å². The summed E-state index contributed by atoms with van der Waals surface area (Å²) in [6.07, 6.45) is 8.74. The van der Waals surface area contributed by atoms with Crippen molar-refractivity contribution >= 4 is 24.2 Å². The molecule has 0 saturated heterocycles. The number of rotatable bonds is 4. The molecule has 1 nitrogen and oxygen atoms in total. The Bertz CT molecular complexity index is 409. The molecule has 0 bridgehead atoms. The third-order valence-electron chi connectivity index (χ3n) is 4.20. The Labute approximate surface area is 116 Å². The first-order chi connectivity index (χ1) is 8.19. The van der Waals surface area contributed by atoms with Gasteiger partial charge >= 0.3 is 116 Å². The van der Waals surface area contributed by atoms with E-state index in [9.17, 15) is 4.79 Å². The van der Waals surface area contributed by atoms with E-state index >= 15 is 0 Å². The van der Waals surface area contributed by atoms with Crippen molar-refractivity contribution in [3.05, 3.63) is 34.0 Å².